The van der Waals surface area contributed by atoms with E-state index in [4.69, 9.17) is 4.74 Å². The molecule has 1 unspecified atom stereocenters. The summed E-state index contributed by atoms with van der Waals surface area (Å²) in [6, 6.07) is 1.37. The Morgan fingerprint density at radius 1 is 1.16 bits per heavy atom. The summed E-state index contributed by atoms with van der Waals surface area (Å²) >= 11 is 0. The van der Waals surface area contributed by atoms with Crippen LogP contribution in [-0.2, 0) is 4.74 Å². The molecule has 0 aliphatic heterocycles. The van der Waals surface area contributed by atoms with Gasteiger partial charge in [0, 0.05) is 45.4 Å². The van der Waals surface area contributed by atoms with Crippen molar-refractivity contribution in [3.63, 3.8) is 0 Å². The maximum Gasteiger partial charge on any atom is 0.191 e. The Hall–Kier alpha value is -0.810. The Morgan fingerprint density at radius 3 is 2.16 bits per heavy atom. The number of hydrogen-bond acceptors (Lipinski definition) is 3. The third-order valence-corrected chi connectivity index (χ3v) is 3.01. The van der Waals surface area contributed by atoms with Gasteiger partial charge in [0.05, 0.1) is 6.61 Å². The van der Waals surface area contributed by atoms with E-state index in [0.29, 0.717) is 18.7 Å². The highest BCUT2D eigenvalue weighted by Crippen LogP contribution is 2.03. The van der Waals surface area contributed by atoms with Crippen molar-refractivity contribution in [2.45, 2.75) is 52.7 Å². The molecule has 5 nitrogen and oxygen atoms in total. The molecule has 0 heterocycles. The van der Waals surface area contributed by atoms with Gasteiger partial charge in [-0.05, 0) is 34.6 Å². The summed E-state index contributed by atoms with van der Waals surface area (Å²) in [4.78, 5) is 6.67. The lowest BCUT2D eigenvalue weighted by molar-refractivity contribution is 0.175. The van der Waals surface area contributed by atoms with Gasteiger partial charge < -0.3 is 15.4 Å². The number of methoxy groups -OCH3 is 1. The minimum absolute atomic E-state index is 0.252. The predicted octanol–water partition coefficient (Wildman–Crippen LogP) is 1.31. The number of hydrogen-bond donors (Lipinski definition) is 2. The molecule has 1 atom stereocenters. The molecule has 0 spiro atoms. The molecule has 0 aromatic rings. The smallest absolute Gasteiger partial charge is 0.191 e. The Labute approximate surface area is 118 Å². The Morgan fingerprint density at radius 2 is 1.74 bits per heavy atom. The molecule has 0 aromatic heterocycles. The summed E-state index contributed by atoms with van der Waals surface area (Å²) in [6.07, 6.45) is 0. The van der Waals surface area contributed by atoms with Gasteiger partial charge in [0.25, 0.3) is 0 Å². The Bertz CT molecular complexity index is 246. The number of ether oxygens (including phenoxy) is 1. The monoisotopic (exact) mass is 272 g/mol. The van der Waals surface area contributed by atoms with Crippen molar-refractivity contribution >= 4 is 5.96 Å². The summed E-state index contributed by atoms with van der Waals surface area (Å²) in [6.45, 7) is 13.6. The molecule has 0 aliphatic carbocycles. The van der Waals surface area contributed by atoms with E-state index in [1.165, 1.54) is 0 Å². The molecule has 0 saturated heterocycles. The van der Waals surface area contributed by atoms with Gasteiger partial charge in [-0.2, -0.15) is 0 Å². The number of guanidine groups is 1. The van der Waals surface area contributed by atoms with Gasteiger partial charge in [0.1, 0.15) is 0 Å². The molecule has 0 rings (SSSR count). The van der Waals surface area contributed by atoms with E-state index in [0.717, 1.165) is 19.0 Å². The predicted molar refractivity (Wildman–Crippen MR) is 82.8 cm³/mol. The largest absolute Gasteiger partial charge is 0.383 e. The second-order valence-corrected chi connectivity index (χ2v) is 5.43. The molecule has 0 bridgehead atoms. The van der Waals surface area contributed by atoms with Crippen LogP contribution in [-0.4, -0.2) is 62.8 Å². The van der Waals surface area contributed by atoms with E-state index in [1.807, 2.05) is 0 Å². The SMILES string of the molecule is CN=C(NCCN(C(C)C)C(C)C)NC(C)COC. The van der Waals surface area contributed by atoms with Crippen molar-refractivity contribution < 1.29 is 4.74 Å². The van der Waals surface area contributed by atoms with E-state index >= 15 is 0 Å². The minimum atomic E-state index is 0.252. The molecule has 2 N–H and O–H groups in total. The summed E-state index contributed by atoms with van der Waals surface area (Å²) in [5.41, 5.74) is 0. The van der Waals surface area contributed by atoms with E-state index in [-0.39, 0.29) is 6.04 Å². The number of aliphatic imine (C=N–C) groups is 1. The lowest BCUT2D eigenvalue weighted by atomic mass is 10.2. The fourth-order valence-electron chi connectivity index (χ4n) is 2.14. The maximum atomic E-state index is 5.10. The molecule has 0 saturated carbocycles. The van der Waals surface area contributed by atoms with Gasteiger partial charge in [-0.1, -0.05) is 0 Å². The van der Waals surface area contributed by atoms with Crippen LogP contribution in [0.5, 0.6) is 0 Å². The highest BCUT2D eigenvalue weighted by atomic mass is 16.5. The van der Waals surface area contributed by atoms with Crippen LogP contribution in [0.1, 0.15) is 34.6 Å². The first-order valence-corrected chi connectivity index (χ1v) is 7.14. The minimum Gasteiger partial charge on any atom is -0.383 e. The second kappa shape index (κ2) is 10.0. The Balaban J connectivity index is 4.08. The third kappa shape index (κ3) is 8.06. The van der Waals surface area contributed by atoms with Crippen LogP contribution in [0.25, 0.3) is 0 Å². The van der Waals surface area contributed by atoms with Crippen molar-refractivity contribution in [3.8, 4) is 0 Å². The van der Waals surface area contributed by atoms with Gasteiger partial charge >= 0.3 is 0 Å². The highest BCUT2D eigenvalue weighted by Gasteiger charge is 2.12. The first-order chi connectivity index (χ1) is 8.92. The molecule has 0 aliphatic rings. The molecular formula is C14H32N4O. The van der Waals surface area contributed by atoms with Crippen LogP contribution < -0.4 is 10.6 Å². The van der Waals surface area contributed by atoms with Gasteiger partial charge in [0.2, 0.25) is 0 Å². The van der Waals surface area contributed by atoms with Gasteiger partial charge in [0.15, 0.2) is 5.96 Å². The second-order valence-electron chi connectivity index (χ2n) is 5.43. The van der Waals surface area contributed by atoms with Crippen LogP contribution >= 0.6 is 0 Å². The summed E-state index contributed by atoms with van der Waals surface area (Å²) in [7, 11) is 3.50. The highest BCUT2D eigenvalue weighted by molar-refractivity contribution is 5.79. The zero-order valence-electron chi connectivity index (χ0n) is 13.7. The van der Waals surface area contributed by atoms with E-state index in [1.54, 1.807) is 14.2 Å². The number of rotatable bonds is 8. The first-order valence-electron chi connectivity index (χ1n) is 7.14. The van der Waals surface area contributed by atoms with Crippen molar-refractivity contribution in [2.24, 2.45) is 4.99 Å². The van der Waals surface area contributed by atoms with Crippen molar-refractivity contribution in [2.75, 3.05) is 33.9 Å². The van der Waals surface area contributed by atoms with Crippen molar-refractivity contribution in [1.82, 2.24) is 15.5 Å². The van der Waals surface area contributed by atoms with Crippen LogP contribution in [0.2, 0.25) is 0 Å². The average Bonchev–Trinajstić information content (AvgIpc) is 2.32. The van der Waals surface area contributed by atoms with E-state index in [2.05, 4.69) is 55.1 Å². The fraction of sp³-hybridized carbons (Fsp3) is 0.929. The summed E-state index contributed by atoms with van der Waals surface area (Å²) < 4.78 is 5.10. The number of nitrogens with one attached hydrogen (secondary N) is 2. The standard InChI is InChI=1S/C14H32N4O/c1-11(2)18(12(3)4)9-8-16-14(15-6)17-13(5)10-19-7/h11-13H,8-10H2,1-7H3,(H2,15,16,17). The van der Waals surface area contributed by atoms with Gasteiger partial charge in [-0.3, -0.25) is 9.89 Å². The first kappa shape index (κ1) is 18.2. The molecule has 5 heteroatoms. The zero-order valence-corrected chi connectivity index (χ0v) is 13.7. The number of nitrogens with zero attached hydrogens (tertiary/aromatic N) is 2. The van der Waals surface area contributed by atoms with E-state index in [9.17, 15) is 0 Å². The van der Waals surface area contributed by atoms with Gasteiger partial charge in [-0.25, -0.2) is 0 Å². The zero-order chi connectivity index (χ0) is 14.8. The molecular weight excluding hydrogens is 240 g/mol. The summed E-state index contributed by atoms with van der Waals surface area (Å²) in [5, 5.41) is 6.64. The summed E-state index contributed by atoms with van der Waals surface area (Å²) in [5.74, 6) is 0.831. The van der Waals surface area contributed by atoms with Crippen LogP contribution in [0.3, 0.4) is 0 Å². The lowest BCUT2D eigenvalue weighted by Gasteiger charge is -2.30. The topological polar surface area (TPSA) is 48.9 Å². The third-order valence-electron chi connectivity index (χ3n) is 3.01. The Kier molecular flexibility index (Phi) is 9.61. The quantitative estimate of drug-likeness (QED) is 0.517. The molecule has 0 aromatic carbocycles. The average molecular weight is 272 g/mol. The van der Waals surface area contributed by atoms with Crippen molar-refractivity contribution in [1.29, 1.82) is 0 Å². The van der Waals surface area contributed by atoms with E-state index < -0.39 is 0 Å². The fourth-order valence-corrected chi connectivity index (χ4v) is 2.14. The maximum absolute atomic E-state index is 5.10. The van der Waals surface area contributed by atoms with Crippen LogP contribution in [0.15, 0.2) is 4.99 Å². The lowest BCUT2D eigenvalue weighted by Crippen LogP contribution is -2.47. The molecule has 0 fully saturated rings. The molecule has 19 heavy (non-hydrogen) atoms. The molecule has 0 radical (unpaired) electrons. The van der Waals surface area contributed by atoms with Gasteiger partial charge in [-0.15, -0.1) is 0 Å². The molecule has 114 valence electrons. The van der Waals surface area contributed by atoms with Crippen molar-refractivity contribution in [3.05, 3.63) is 0 Å². The molecule has 0 amide bonds. The van der Waals surface area contributed by atoms with Crippen LogP contribution in [0, 0.1) is 0 Å². The normalized spacial score (nSPS) is 14.3. The van der Waals surface area contributed by atoms with Crippen LogP contribution in [0.4, 0.5) is 0 Å².